The van der Waals surface area contributed by atoms with Gasteiger partial charge < -0.3 is 5.11 Å². The second kappa shape index (κ2) is 4.63. The fourth-order valence-electron chi connectivity index (χ4n) is 1.53. The molecule has 0 fully saturated rings. The summed E-state index contributed by atoms with van der Waals surface area (Å²) in [7, 11) is 1.85. The van der Waals surface area contributed by atoms with Crippen molar-refractivity contribution in [3.63, 3.8) is 0 Å². The van der Waals surface area contributed by atoms with Gasteiger partial charge in [-0.05, 0) is 25.1 Å². The Balaban J connectivity index is 2.36. The average molecular weight is 248 g/mol. The summed E-state index contributed by atoms with van der Waals surface area (Å²) >= 11 is 1.41. The van der Waals surface area contributed by atoms with E-state index >= 15 is 0 Å². The highest BCUT2D eigenvalue weighted by Crippen LogP contribution is 2.30. The molecule has 0 spiro atoms. The van der Waals surface area contributed by atoms with Crippen LogP contribution in [0.1, 0.15) is 16.1 Å². The number of aromatic nitrogens is 2. The summed E-state index contributed by atoms with van der Waals surface area (Å²) in [5.41, 5.74) is 1.24. The van der Waals surface area contributed by atoms with Gasteiger partial charge in [0.05, 0.1) is 16.3 Å². The van der Waals surface area contributed by atoms with Crippen molar-refractivity contribution in [2.75, 3.05) is 0 Å². The highest BCUT2D eigenvalue weighted by molar-refractivity contribution is 7.99. The molecule has 0 aliphatic heterocycles. The van der Waals surface area contributed by atoms with Gasteiger partial charge in [-0.15, -0.1) is 0 Å². The van der Waals surface area contributed by atoms with Crippen LogP contribution in [0.3, 0.4) is 0 Å². The second-order valence-electron chi connectivity index (χ2n) is 3.65. The van der Waals surface area contributed by atoms with E-state index in [1.165, 1.54) is 11.8 Å². The minimum atomic E-state index is -0.910. The summed E-state index contributed by atoms with van der Waals surface area (Å²) in [6, 6.07) is 8.90. The van der Waals surface area contributed by atoms with Crippen molar-refractivity contribution in [3.8, 4) is 0 Å². The first-order chi connectivity index (χ1) is 8.08. The molecule has 17 heavy (non-hydrogen) atoms. The van der Waals surface area contributed by atoms with Crippen LogP contribution >= 0.6 is 11.8 Å². The molecule has 0 amide bonds. The van der Waals surface area contributed by atoms with Crippen LogP contribution in [0, 0.1) is 6.92 Å². The Hall–Kier alpha value is -1.75. The van der Waals surface area contributed by atoms with Crippen molar-refractivity contribution in [1.29, 1.82) is 0 Å². The predicted octanol–water partition coefficient (Wildman–Crippen LogP) is 2.58. The number of carboxylic acid groups (broad SMARTS) is 1. The molecule has 0 bridgehead atoms. The average Bonchev–Trinajstić information content (AvgIpc) is 2.58. The van der Waals surface area contributed by atoms with E-state index in [4.69, 9.17) is 5.11 Å². The van der Waals surface area contributed by atoms with Gasteiger partial charge in [0.25, 0.3) is 0 Å². The molecular weight excluding hydrogens is 236 g/mol. The Morgan fingerprint density at radius 1 is 1.41 bits per heavy atom. The van der Waals surface area contributed by atoms with Crippen LogP contribution in [0.5, 0.6) is 0 Å². The Morgan fingerprint density at radius 2 is 2.12 bits per heavy atom. The number of aromatic carboxylic acids is 1. The third-order valence-electron chi connectivity index (χ3n) is 2.29. The van der Waals surface area contributed by atoms with Crippen LogP contribution in [0.15, 0.2) is 40.3 Å². The van der Waals surface area contributed by atoms with Gasteiger partial charge in [0.15, 0.2) is 0 Å². The van der Waals surface area contributed by atoms with Crippen LogP contribution in [0.25, 0.3) is 0 Å². The topological polar surface area (TPSA) is 55.1 Å². The standard InChI is InChI=1S/C12H12N2O2S/c1-8-7-11(14(2)13-8)17-10-6-4-3-5-9(10)12(15)16/h3-7H,1-2H3,(H,15,16). The van der Waals surface area contributed by atoms with Gasteiger partial charge >= 0.3 is 5.97 Å². The first kappa shape index (κ1) is 11.7. The third kappa shape index (κ3) is 2.50. The first-order valence-corrected chi connectivity index (χ1v) is 5.90. The summed E-state index contributed by atoms with van der Waals surface area (Å²) in [6.07, 6.45) is 0. The van der Waals surface area contributed by atoms with Crippen molar-refractivity contribution < 1.29 is 9.90 Å². The van der Waals surface area contributed by atoms with Crippen LogP contribution < -0.4 is 0 Å². The van der Waals surface area contributed by atoms with Gasteiger partial charge in [-0.3, -0.25) is 4.68 Å². The number of carboxylic acids is 1. The van der Waals surface area contributed by atoms with E-state index in [-0.39, 0.29) is 0 Å². The molecule has 0 aliphatic rings. The molecule has 1 heterocycles. The Bertz CT molecular complexity index is 563. The number of hydrogen-bond donors (Lipinski definition) is 1. The van der Waals surface area contributed by atoms with Crippen molar-refractivity contribution in [1.82, 2.24) is 9.78 Å². The summed E-state index contributed by atoms with van der Waals surface area (Å²) in [5.74, 6) is -0.910. The van der Waals surface area contributed by atoms with Crippen molar-refractivity contribution in [2.24, 2.45) is 7.05 Å². The lowest BCUT2D eigenvalue weighted by molar-refractivity contribution is 0.0693. The predicted molar refractivity (Wildman–Crippen MR) is 65.5 cm³/mol. The lowest BCUT2D eigenvalue weighted by Crippen LogP contribution is -1.99. The van der Waals surface area contributed by atoms with E-state index in [9.17, 15) is 4.79 Å². The van der Waals surface area contributed by atoms with E-state index < -0.39 is 5.97 Å². The van der Waals surface area contributed by atoms with E-state index in [0.29, 0.717) is 5.56 Å². The second-order valence-corrected chi connectivity index (χ2v) is 4.71. The molecule has 4 nitrogen and oxygen atoms in total. The maximum absolute atomic E-state index is 11.1. The number of carbonyl (C=O) groups is 1. The summed E-state index contributed by atoms with van der Waals surface area (Å²) in [6.45, 7) is 1.91. The van der Waals surface area contributed by atoms with Crippen molar-refractivity contribution in [2.45, 2.75) is 16.8 Å². The SMILES string of the molecule is Cc1cc(Sc2ccccc2C(=O)O)n(C)n1. The van der Waals surface area contributed by atoms with Gasteiger partial charge in [-0.2, -0.15) is 5.10 Å². The molecule has 5 heteroatoms. The third-order valence-corrected chi connectivity index (χ3v) is 3.46. The highest BCUT2D eigenvalue weighted by atomic mass is 32.2. The van der Waals surface area contributed by atoms with Crippen LogP contribution in [0.2, 0.25) is 0 Å². The van der Waals surface area contributed by atoms with Gasteiger partial charge in [-0.1, -0.05) is 23.9 Å². The molecule has 0 atom stereocenters. The van der Waals surface area contributed by atoms with Crippen molar-refractivity contribution in [3.05, 3.63) is 41.6 Å². The van der Waals surface area contributed by atoms with E-state index in [1.54, 1.807) is 22.9 Å². The lowest BCUT2D eigenvalue weighted by Gasteiger charge is -2.05. The Morgan fingerprint density at radius 3 is 2.71 bits per heavy atom. The van der Waals surface area contributed by atoms with E-state index in [2.05, 4.69) is 5.10 Å². The quantitative estimate of drug-likeness (QED) is 0.907. The van der Waals surface area contributed by atoms with Crippen LogP contribution in [0.4, 0.5) is 0 Å². The minimum Gasteiger partial charge on any atom is -0.478 e. The monoisotopic (exact) mass is 248 g/mol. The largest absolute Gasteiger partial charge is 0.478 e. The minimum absolute atomic E-state index is 0.316. The molecule has 2 aromatic rings. The molecule has 0 saturated carbocycles. The maximum Gasteiger partial charge on any atom is 0.336 e. The smallest absolute Gasteiger partial charge is 0.336 e. The molecular formula is C12H12N2O2S. The molecule has 2 rings (SSSR count). The summed E-state index contributed by atoms with van der Waals surface area (Å²) in [5, 5.41) is 14.2. The number of nitrogens with zero attached hydrogens (tertiary/aromatic N) is 2. The molecule has 1 aromatic heterocycles. The lowest BCUT2D eigenvalue weighted by atomic mass is 10.2. The van der Waals surface area contributed by atoms with Crippen molar-refractivity contribution >= 4 is 17.7 Å². The fourth-order valence-corrected chi connectivity index (χ4v) is 2.57. The van der Waals surface area contributed by atoms with Gasteiger partial charge in [-0.25, -0.2) is 4.79 Å². The first-order valence-electron chi connectivity index (χ1n) is 5.09. The molecule has 0 aliphatic carbocycles. The van der Waals surface area contributed by atoms with E-state index in [1.807, 2.05) is 26.1 Å². The molecule has 0 unspecified atom stereocenters. The number of hydrogen-bond acceptors (Lipinski definition) is 3. The number of benzene rings is 1. The van der Waals surface area contributed by atoms with Gasteiger partial charge in [0.1, 0.15) is 0 Å². The van der Waals surface area contributed by atoms with E-state index in [0.717, 1.165) is 15.6 Å². The van der Waals surface area contributed by atoms with Crippen LogP contribution in [-0.4, -0.2) is 20.9 Å². The molecule has 1 aromatic carbocycles. The van der Waals surface area contributed by atoms with Gasteiger partial charge in [0, 0.05) is 11.9 Å². The molecule has 0 saturated heterocycles. The molecule has 88 valence electrons. The zero-order valence-electron chi connectivity index (χ0n) is 9.54. The fraction of sp³-hybridized carbons (Fsp3) is 0.167. The summed E-state index contributed by atoms with van der Waals surface area (Å²) < 4.78 is 1.75. The summed E-state index contributed by atoms with van der Waals surface area (Å²) in [4.78, 5) is 11.8. The normalized spacial score (nSPS) is 10.5. The zero-order valence-corrected chi connectivity index (χ0v) is 10.4. The molecule has 1 N–H and O–H groups in total. The number of aryl methyl sites for hydroxylation is 2. The van der Waals surface area contributed by atoms with Gasteiger partial charge in [0.2, 0.25) is 0 Å². The molecule has 0 radical (unpaired) electrons. The zero-order chi connectivity index (χ0) is 12.4. The Labute approximate surface area is 103 Å². The highest BCUT2D eigenvalue weighted by Gasteiger charge is 2.12. The van der Waals surface area contributed by atoms with Crippen LogP contribution in [-0.2, 0) is 7.05 Å². The maximum atomic E-state index is 11.1. The Kier molecular flexibility index (Phi) is 3.19. The number of rotatable bonds is 3.